The number of carbonyl (C=O) groups is 2. The molecule has 0 spiro atoms. The number of amides is 2. The van der Waals surface area contributed by atoms with Gasteiger partial charge in [-0.05, 0) is 44.4 Å². The second-order valence-corrected chi connectivity index (χ2v) is 10.7. The van der Waals surface area contributed by atoms with E-state index in [1.807, 2.05) is 30.3 Å². The van der Waals surface area contributed by atoms with Crippen molar-refractivity contribution in [1.29, 1.82) is 0 Å². The van der Waals surface area contributed by atoms with Crippen LogP contribution in [0.15, 0.2) is 48.5 Å². The third-order valence-corrected chi connectivity index (χ3v) is 6.32. The Bertz CT molecular complexity index is 1450. The van der Waals surface area contributed by atoms with E-state index < -0.39 is 11.7 Å². The van der Waals surface area contributed by atoms with E-state index in [2.05, 4.69) is 45.3 Å². The zero-order chi connectivity index (χ0) is 28.0. The normalized spacial score (nSPS) is 11.6. The van der Waals surface area contributed by atoms with Gasteiger partial charge in [0, 0.05) is 37.9 Å². The number of rotatable bonds is 10. The van der Waals surface area contributed by atoms with Gasteiger partial charge in [-0.2, -0.15) is 0 Å². The lowest BCUT2D eigenvalue weighted by Crippen LogP contribution is -2.35. The SMILES string of the molecule is CCCCc1nc2c(N)nc3ccccc3c2n1Cc1ccc(CNC(=O)CCNC(=O)OC(C)(C)C)cc1. The Kier molecular flexibility index (Phi) is 8.69. The molecule has 0 bridgehead atoms. The number of imidazole rings is 1. The number of aromatic nitrogens is 3. The number of nitrogen functional groups attached to an aromatic ring is 1. The summed E-state index contributed by atoms with van der Waals surface area (Å²) in [6.07, 6.45) is 2.64. The third kappa shape index (κ3) is 7.25. The summed E-state index contributed by atoms with van der Waals surface area (Å²) < 4.78 is 7.44. The van der Waals surface area contributed by atoms with Crippen LogP contribution in [0.5, 0.6) is 0 Å². The van der Waals surface area contributed by atoms with Crippen molar-refractivity contribution >= 4 is 39.8 Å². The van der Waals surface area contributed by atoms with Crippen molar-refractivity contribution in [2.45, 2.75) is 72.1 Å². The van der Waals surface area contributed by atoms with Crippen molar-refractivity contribution in [3.05, 3.63) is 65.5 Å². The highest BCUT2D eigenvalue weighted by Gasteiger charge is 2.18. The van der Waals surface area contributed by atoms with Gasteiger partial charge in [0.05, 0.1) is 11.0 Å². The number of nitrogens with zero attached hydrogens (tertiary/aromatic N) is 3. The first-order valence-corrected chi connectivity index (χ1v) is 13.5. The summed E-state index contributed by atoms with van der Waals surface area (Å²) in [5.74, 6) is 1.32. The molecule has 0 saturated heterocycles. The molecule has 9 heteroatoms. The number of hydrogen-bond acceptors (Lipinski definition) is 6. The molecule has 0 saturated carbocycles. The number of ether oxygens (including phenoxy) is 1. The predicted octanol–water partition coefficient (Wildman–Crippen LogP) is 5.09. The number of carbonyl (C=O) groups excluding carboxylic acids is 2. The zero-order valence-corrected chi connectivity index (χ0v) is 23.2. The highest BCUT2D eigenvalue weighted by molar-refractivity contribution is 6.06. The van der Waals surface area contributed by atoms with Crippen LogP contribution in [0.3, 0.4) is 0 Å². The number of fused-ring (bicyclic) bond motifs is 3. The van der Waals surface area contributed by atoms with Crippen LogP contribution < -0.4 is 16.4 Å². The fourth-order valence-electron chi connectivity index (χ4n) is 4.43. The number of pyridine rings is 1. The molecule has 206 valence electrons. The van der Waals surface area contributed by atoms with Crippen molar-refractivity contribution in [2.75, 3.05) is 12.3 Å². The van der Waals surface area contributed by atoms with Crippen molar-refractivity contribution in [3.63, 3.8) is 0 Å². The summed E-state index contributed by atoms with van der Waals surface area (Å²) in [6, 6.07) is 16.2. The van der Waals surface area contributed by atoms with Gasteiger partial charge in [0.2, 0.25) is 5.91 Å². The molecule has 4 rings (SSSR count). The topological polar surface area (TPSA) is 124 Å². The smallest absolute Gasteiger partial charge is 0.407 e. The Morgan fingerprint density at radius 2 is 1.72 bits per heavy atom. The molecule has 0 aliphatic heterocycles. The molecule has 39 heavy (non-hydrogen) atoms. The molecular formula is C30H38N6O3. The van der Waals surface area contributed by atoms with Crippen LogP contribution in [0.1, 0.15) is 63.9 Å². The van der Waals surface area contributed by atoms with Gasteiger partial charge in [-0.15, -0.1) is 0 Å². The quantitative estimate of drug-likeness (QED) is 0.262. The first kappa shape index (κ1) is 27.9. The predicted molar refractivity (Wildman–Crippen MR) is 154 cm³/mol. The number of para-hydroxylation sites is 1. The van der Waals surface area contributed by atoms with Gasteiger partial charge < -0.3 is 25.7 Å². The molecule has 0 radical (unpaired) electrons. The maximum Gasteiger partial charge on any atom is 0.407 e. The zero-order valence-electron chi connectivity index (χ0n) is 23.2. The van der Waals surface area contributed by atoms with E-state index in [0.717, 1.165) is 58.2 Å². The van der Waals surface area contributed by atoms with Crippen LogP contribution in [-0.2, 0) is 29.0 Å². The number of benzene rings is 2. The lowest BCUT2D eigenvalue weighted by atomic mass is 10.1. The Labute approximate surface area is 229 Å². The van der Waals surface area contributed by atoms with Gasteiger partial charge >= 0.3 is 6.09 Å². The Balaban J connectivity index is 1.42. The van der Waals surface area contributed by atoms with Gasteiger partial charge in [-0.1, -0.05) is 55.8 Å². The molecule has 2 aromatic carbocycles. The third-order valence-electron chi connectivity index (χ3n) is 6.32. The molecular weight excluding hydrogens is 492 g/mol. The maximum absolute atomic E-state index is 12.2. The second-order valence-electron chi connectivity index (χ2n) is 10.7. The van der Waals surface area contributed by atoms with E-state index >= 15 is 0 Å². The first-order valence-electron chi connectivity index (χ1n) is 13.5. The lowest BCUT2D eigenvalue weighted by Gasteiger charge is -2.19. The van der Waals surface area contributed by atoms with Crippen LogP contribution in [0, 0.1) is 0 Å². The number of anilines is 1. The van der Waals surface area contributed by atoms with Crippen LogP contribution in [-0.4, -0.2) is 38.7 Å². The van der Waals surface area contributed by atoms with Gasteiger partial charge in [0.1, 0.15) is 16.9 Å². The van der Waals surface area contributed by atoms with E-state index in [-0.39, 0.29) is 18.9 Å². The van der Waals surface area contributed by atoms with E-state index in [1.54, 1.807) is 20.8 Å². The molecule has 4 N–H and O–H groups in total. The number of unbranched alkanes of at least 4 members (excludes halogenated alkanes) is 1. The molecule has 0 aliphatic rings. The molecule has 0 fully saturated rings. The molecule has 0 atom stereocenters. The molecule has 0 unspecified atom stereocenters. The fourth-order valence-corrected chi connectivity index (χ4v) is 4.43. The number of hydrogen-bond donors (Lipinski definition) is 3. The summed E-state index contributed by atoms with van der Waals surface area (Å²) >= 11 is 0. The van der Waals surface area contributed by atoms with Gasteiger partial charge in [-0.3, -0.25) is 4.79 Å². The van der Waals surface area contributed by atoms with E-state index in [0.29, 0.717) is 18.9 Å². The van der Waals surface area contributed by atoms with Crippen LogP contribution in [0.2, 0.25) is 0 Å². The maximum atomic E-state index is 12.2. The van der Waals surface area contributed by atoms with Crippen molar-refractivity contribution < 1.29 is 14.3 Å². The molecule has 2 heterocycles. The van der Waals surface area contributed by atoms with E-state index in [9.17, 15) is 9.59 Å². The van der Waals surface area contributed by atoms with Crippen LogP contribution in [0.4, 0.5) is 10.6 Å². The molecule has 2 aromatic heterocycles. The summed E-state index contributed by atoms with van der Waals surface area (Å²) in [6.45, 7) is 8.84. The van der Waals surface area contributed by atoms with E-state index in [4.69, 9.17) is 15.5 Å². The Hall–Kier alpha value is -4.14. The number of alkyl carbamates (subject to hydrolysis) is 1. The largest absolute Gasteiger partial charge is 0.444 e. The number of aryl methyl sites for hydroxylation is 1. The van der Waals surface area contributed by atoms with E-state index in [1.165, 1.54) is 0 Å². The summed E-state index contributed by atoms with van der Waals surface area (Å²) in [5.41, 5.74) is 10.5. The Morgan fingerprint density at radius 3 is 2.44 bits per heavy atom. The molecule has 0 aliphatic carbocycles. The van der Waals surface area contributed by atoms with Gasteiger partial charge in [0.25, 0.3) is 0 Å². The standard InChI is InChI=1S/C30H38N6O3/c1-5-6-11-24-35-26-27(22-9-7-8-10-23(22)34-28(26)31)36(24)19-21-14-12-20(13-15-21)18-33-25(37)16-17-32-29(38)39-30(2,3)4/h7-10,12-15H,5-6,11,16-19H2,1-4H3,(H2,31,34)(H,32,38)(H,33,37). The van der Waals surface area contributed by atoms with Crippen LogP contribution in [0.25, 0.3) is 21.9 Å². The fraction of sp³-hybridized carbons (Fsp3) is 0.400. The molecule has 9 nitrogen and oxygen atoms in total. The van der Waals surface area contributed by atoms with Crippen molar-refractivity contribution in [2.24, 2.45) is 0 Å². The minimum atomic E-state index is -0.571. The summed E-state index contributed by atoms with van der Waals surface area (Å²) in [4.78, 5) is 33.4. The molecule has 4 aromatic rings. The highest BCUT2D eigenvalue weighted by Crippen LogP contribution is 2.30. The molecule has 2 amide bonds. The van der Waals surface area contributed by atoms with Crippen molar-refractivity contribution in [1.82, 2.24) is 25.2 Å². The average Bonchev–Trinajstić information content (AvgIpc) is 3.25. The second kappa shape index (κ2) is 12.1. The highest BCUT2D eigenvalue weighted by atomic mass is 16.6. The number of nitrogens with two attached hydrogens (primary N) is 1. The van der Waals surface area contributed by atoms with Gasteiger partial charge in [0.15, 0.2) is 5.82 Å². The minimum Gasteiger partial charge on any atom is -0.444 e. The number of nitrogens with one attached hydrogen (secondary N) is 2. The summed E-state index contributed by atoms with van der Waals surface area (Å²) in [7, 11) is 0. The monoisotopic (exact) mass is 530 g/mol. The Morgan fingerprint density at radius 1 is 1.00 bits per heavy atom. The van der Waals surface area contributed by atoms with Gasteiger partial charge in [-0.25, -0.2) is 14.8 Å². The van der Waals surface area contributed by atoms with Crippen LogP contribution >= 0.6 is 0 Å². The minimum absolute atomic E-state index is 0.140. The lowest BCUT2D eigenvalue weighted by molar-refractivity contribution is -0.121. The summed E-state index contributed by atoms with van der Waals surface area (Å²) in [5, 5.41) is 6.54. The van der Waals surface area contributed by atoms with Crippen molar-refractivity contribution in [3.8, 4) is 0 Å². The average molecular weight is 531 g/mol. The first-order chi connectivity index (χ1) is 18.6.